The van der Waals surface area contributed by atoms with Crippen molar-refractivity contribution in [3.8, 4) is 11.3 Å². The number of carbonyl (C=O) groups excluding carboxylic acids is 2. The fourth-order valence-corrected chi connectivity index (χ4v) is 3.04. The normalized spacial score (nSPS) is 11.5. The van der Waals surface area contributed by atoms with E-state index in [1.165, 1.54) is 19.9 Å². The standard InChI is InChI=1S/C22H30N4O5/c1-3-4-5-6-7-12-23-22(30)25-19(20(27)28)14-26-13-18(24-15-26)16-8-10-17(11-9-16)21(29)31-2/h8-11,13,15,19H,3-7,12,14H2,1-2H3,(H,27,28)(H2,23,25,30). The summed E-state index contributed by atoms with van der Waals surface area (Å²) in [5, 5.41) is 14.7. The maximum Gasteiger partial charge on any atom is 0.337 e. The van der Waals surface area contributed by atoms with E-state index in [1.807, 2.05) is 0 Å². The van der Waals surface area contributed by atoms with Crippen LogP contribution >= 0.6 is 0 Å². The van der Waals surface area contributed by atoms with Crippen molar-refractivity contribution in [3.63, 3.8) is 0 Å². The molecule has 168 valence electrons. The summed E-state index contributed by atoms with van der Waals surface area (Å²) in [4.78, 5) is 39.4. The van der Waals surface area contributed by atoms with Crippen LogP contribution in [0, 0.1) is 0 Å². The minimum absolute atomic E-state index is 0.0342. The maximum absolute atomic E-state index is 12.0. The molecule has 0 bridgehead atoms. The second kappa shape index (κ2) is 12.4. The number of hydrogen-bond acceptors (Lipinski definition) is 5. The Morgan fingerprint density at radius 2 is 1.84 bits per heavy atom. The molecule has 1 heterocycles. The summed E-state index contributed by atoms with van der Waals surface area (Å²) < 4.78 is 6.28. The van der Waals surface area contributed by atoms with Crippen LogP contribution in [0.5, 0.6) is 0 Å². The molecule has 0 spiro atoms. The van der Waals surface area contributed by atoms with E-state index in [9.17, 15) is 19.5 Å². The lowest BCUT2D eigenvalue weighted by molar-refractivity contribution is -0.139. The molecule has 0 fully saturated rings. The van der Waals surface area contributed by atoms with Gasteiger partial charge in [-0.3, -0.25) is 0 Å². The number of benzene rings is 1. The van der Waals surface area contributed by atoms with Crippen molar-refractivity contribution < 1.29 is 24.2 Å². The molecule has 2 amide bonds. The van der Waals surface area contributed by atoms with Gasteiger partial charge in [-0.1, -0.05) is 44.7 Å². The number of carboxylic acid groups (broad SMARTS) is 1. The molecule has 31 heavy (non-hydrogen) atoms. The lowest BCUT2D eigenvalue weighted by Gasteiger charge is -2.15. The quantitative estimate of drug-likeness (QED) is 0.351. The Morgan fingerprint density at radius 3 is 2.48 bits per heavy atom. The number of urea groups is 1. The molecule has 1 aromatic heterocycles. The Morgan fingerprint density at radius 1 is 1.13 bits per heavy atom. The van der Waals surface area contributed by atoms with Crippen molar-refractivity contribution in [2.24, 2.45) is 0 Å². The molecule has 3 N–H and O–H groups in total. The predicted octanol–water partition coefficient (Wildman–Crippen LogP) is 3.06. The predicted molar refractivity (Wildman–Crippen MR) is 116 cm³/mol. The highest BCUT2D eigenvalue weighted by molar-refractivity contribution is 5.89. The van der Waals surface area contributed by atoms with E-state index in [0.29, 0.717) is 17.8 Å². The lowest BCUT2D eigenvalue weighted by atomic mass is 10.1. The van der Waals surface area contributed by atoms with Crippen LogP contribution in [-0.4, -0.2) is 52.3 Å². The third-order valence-electron chi connectivity index (χ3n) is 4.80. The summed E-state index contributed by atoms with van der Waals surface area (Å²) >= 11 is 0. The SMILES string of the molecule is CCCCCCCNC(=O)NC(Cn1cnc(-c2ccc(C(=O)OC)cc2)c1)C(=O)O. The third kappa shape index (κ3) is 7.76. The van der Waals surface area contributed by atoms with Gasteiger partial charge in [0, 0.05) is 18.3 Å². The number of rotatable bonds is 12. The number of ether oxygens (including phenoxy) is 1. The van der Waals surface area contributed by atoms with Gasteiger partial charge in [0.15, 0.2) is 0 Å². The second-order valence-electron chi connectivity index (χ2n) is 7.23. The van der Waals surface area contributed by atoms with Crippen LogP contribution in [0.15, 0.2) is 36.8 Å². The molecular formula is C22H30N4O5. The number of esters is 1. The first-order valence-corrected chi connectivity index (χ1v) is 10.4. The van der Waals surface area contributed by atoms with Gasteiger partial charge in [-0.25, -0.2) is 19.4 Å². The van der Waals surface area contributed by atoms with Gasteiger partial charge >= 0.3 is 18.0 Å². The number of carbonyl (C=O) groups is 3. The largest absolute Gasteiger partial charge is 0.480 e. The van der Waals surface area contributed by atoms with Crippen LogP contribution < -0.4 is 10.6 Å². The zero-order valence-corrected chi connectivity index (χ0v) is 18.0. The van der Waals surface area contributed by atoms with Crippen LogP contribution in [0.2, 0.25) is 0 Å². The topological polar surface area (TPSA) is 123 Å². The molecule has 2 aromatic rings. The van der Waals surface area contributed by atoms with Crippen molar-refractivity contribution in [2.75, 3.05) is 13.7 Å². The highest BCUT2D eigenvalue weighted by Crippen LogP contribution is 2.18. The van der Waals surface area contributed by atoms with E-state index in [1.54, 1.807) is 35.0 Å². The average Bonchev–Trinajstić information content (AvgIpc) is 3.23. The van der Waals surface area contributed by atoms with E-state index in [2.05, 4.69) is 27.3 Å². The van der Waals surface area contributed by atoms with Crippen LogP contribution in [0.3, 0.4) is 0 Å². The summed E-state index contributed by atoms with van der Waals surface area (Å²) in [7, 11) is 1.32. The average molecular weight is 431 g/mol. The van der Waals surface area contributed by atoms with Crippen LogP contribution in [-0.2, 0) is 16.1 Å². The third-order valence-corrected chi connectivity index (χ3v) is 4.80. The Hall–Kier alpha value is -3.36. The number of imidazole rings is 1. The molecule has 1 atom stereocenters. The highest BCUT2D eigenvalue weighted by Gasteiger charge is 2.20. The van der Waals surface area contributed by atoms with Crippen LogP contribution in [0.4, 0.5) is 4.79 Å². The number of amides is 2. The molecule has 0 saturated heterocycles. The van der Waals surface area contributed by atoms with Crippen LogP contribution in [0.1, 0.15) is 49.4 Å². The molecule has 1 unspecified atom stereocenters. The molecule has 0 aliphatic carbocycles. The molecule has 0 aliphatic rings. The molecule has 0 saturated carbocycles. The summed E-state index contributed by atoms with van der Waals surface area (Å²) in [6, 6.07) is 5.15. The zero-order chi connectivity index (χ0) is 22.6. The number of hydrogen-bond donors (Lipinski definition) is 3. The molecule has 1 aromatic carbocycles. The minimum atomic E-state index is -1.13. The summed E-state index contributed by atoms with van der Waals surface area (Å²) in [6.45, 7) is 2.69. The number of nitrogens with zero attached hydrogens (tertiary/aromatic N) is 2. The van der Waals surface area contributed by atoms with E-state index < -0.39 is 24.0 Å². The molecule has 2 rings (SSSR count). The van der Waals surface area contributed by atoms with Crippen molar-refractivity contribution in [1.29, 1.82) is 0 Å². The van der Waals surface area contributed by atoms with Gasteiger partial charge < -0.3 is 25.0 Å². The van der Waals surface area contributed by atoms with Gasteiger partial charge in [0.05, 0.1) is 31.2 Å². The first kappa shape index (κ1) is 23.9. The van der Waals surface area contributed by atoms with E-state index in [4.69, 9.17) is 0 Å². The van der Waals surface area contributed by atoms with Gasteiger partial charge in [0.1, 0.15) is 6.04 Å². The molecule has 0 radical (unpaired) electrons. The first-order valence-electron chi connectivity index (χ1n) is 10.4. The van der Waals surface area contributed by atoms with Crippen molar-refractivity contribution in [1.82, 2.24) is 20.2 Å². The number of carboxylic acids is 1. The number of methoxy groups -OCH3 is 1. The number of aliphatic carboxylic acids is 1. The number of aromatic nitrogens is 2. The fraction of sp³-hybridized carbons (Fsp3) is 0.455. The summed E-state index contributed by atoms with van der Waals surface area (Å²) in [5.74, 6) is -1.55. The van der Waals surface area contributed by atoms with Gasteiger partial charge in [-0.15, -0.1) is 0 Å². The molecular weight excluding hydrogens is 400 g/mol. The van der Waals surface area contributed by atoms with Crippen molar-refractivity contribution >= 4 is 18.0 Å². The number of nitrogens with one attached hydrogen (secondary N) is 2. The highest BCUT2D eigenvalue weighted by atomic mass is 16.5. The van der Waals surface area contributed by atoms with Gasteiger partial charge in [0.25, 0.3) is 0 Å². The Bertz CT molecular complexity index is 863. The summed E-state index contributed by atoms with van der Waals surface area (Å²) in [6.07, 6.45) is 8.56. The van der Waals surface area contributed by atoms with Gasteiger partial charge in [0.2, 0.25) is 0 Å². The van der Waals surface area contributed by atoms with Gasteiger partial charge in [-0.2, -0.15) is 0 Å². The summed E-state index contributed by atoms with van der Waals surface area (Å²) in [5.41, 5.74) is 1.82. The zero-order valence-electron chi connectivity index (χ0n) is 18.0. The smallest absolute Gasteiger partial charge is 0.337 e. The molecule has 9 nitrogen and oxygen atoms in total. The van der Waals surface area contributed by atoms with E-state index >= 15 is 0 Å². The Balaban J connectivity index is 1.89. The minimum Gasteiger partial charge on any atom is -0.480 e. The van der Waals surface area contributed by atoms with E-state index in [-0.39, 0.29) is 6.54 Å². The molecule has 9 heteroatoms. The van der Waals surface area contributed by atoms with Crippen LogP contribution in [0.25, 0.3) is 11.3 Å². The fourth-order valence-electron chi connectivity index (χ4n) is 3.04. The van der Waals surface area contributed by atoms with Crippen molar-refractivity contribution in [3.05, 3.63) is 42.4 Å². The molecule has 0 aliphatic heterocycles. The monoisotopic (exact) mass is 430 g/mol. The second-order valence-corrected chi connectivity index (χ2v) is 7.23. The van der Waals surface area contributed by atoms with E-state index in [0.717, 1.165) is 31.2 Å². The Kier molecular flexibility index (Phi) is 9.54. The van der Waals surface area contributed by atoms with Crippen molar-refractivity contribution in [2.45, 2.75) is 51.6 Å². The maximum atomic E-state index is 12.0. The van der Waals surface area contributed by atoms with Gasteiger partial charge in [-0.05, 0) is 18.6 Å². The first-order chi connectivity index (χ1) is 14.9. The number of unbranched alkanes of at least 4 members (excludes halogenated alkanes) is 4. The Labute approximate surface area is 181 Å². The lowest BCUT2D eigenvalue weighted by Crippen LogP contribution is -2.48.